The number of benzene rings is 1. The van der Waals surface area contributed by atoms with Crippen LogP contribution in [0.5, 0.6) is 0 Å². The molecule has 0 amide bonds. The van der Waals surface area contributed by atoms with Crippen LogP contribution >= 0.6 is 34.2 Å². The van der Waals surface area contributed by atoms with Crippen LogP contribution in [0.1, 0.15) is 10.4 Å². The van der Waals surface area contributed by atoms with Gasteiger partial charge in [-0.1, -0.05) is 0 Å². The molecular weight excluding hydrogens is 300 g/mol. The molecule has 0 aromatic heterocycles. The summed E-state index contributed by atoms with van der Waals surface area (Å²) in [5, 5.41) is -0.997. The lowest BCUT2D eigenvalue weighted by Crippen LogP contribution is -1.97. The van der Waals surface area contributed by atoms with Gasteiger partial charge in [0.05, 0.1) is 9.13 Å². The molecule has 1 rings (SSSR count). The van der Waals surface area contributed by atoms with Gasteiger partial charge >= 0.3 is 0 Å². The highest BCUT2D eigenvalue weighted by Gasteiger charge is 2.12. The Hall–Kier alpha value is -0.230. The van der Waals surface area contributed by atoms with Crippen molar-refractivity contribution in [2.45, 2.75) is 0 Å². The van der Waals surface area contributed by atoms with E-state index in [1.807, 2.05) is 0 Å². The fourth-order valence-electron chi connectivity index (χ4n) is 0.673. The number of rotatable bonds is 1. The predicted octanol–water partition coefficient (Wildman–Crippen LogP) is 2.95. The number of halogens is 4. The fraction of sp³-hybridized carbons (Fsp3) is 0. The Labute approximate surface area is 85.9 Å². The third-order valence-corrected chi connectivity index (χ3v) is 2.25. The van der Waals surface area contributed by atoms with E-state index in [4.69, 9.17) is 11.6 Å². The van der Waals surface area contributed by atoms with Crippen LogP contribution in [-0.4, -0.2) is 5.24 Å². The second-order valence-corrected chi connectivity index (χ2v) is 3.53. The lowest BCUT2D eigenvalue weighted by atomic mass is 10.2. The van der Waals surface area contributed by atoms with Crippen LogP contribution in [0.2, 0.25) is 0 Å². The van der Waals surface area contributed by atoms with Gasteiger partial charge in [-0.3, -0.25) is 4.79 Å². The zero-order chi connectivity index (χ0) is 9.30. The van der Waals surface area contributed by atoms with Crippen molar-refractivity contribution < 1.29 is 13.6 Å². The van der Waals surface area contributed by atoms with Gasteiger partial charge in [-0.2, -0.15) is 0 Å². The van der Waals surface area contributed by atoms with Crippen LogP contribution < -0.4 is 0 Å². The van der Waals surface area contributed by atoms with E-state index in [-0.39, 0.29) is 3.57 Å². The molecule has 1 aromatic carbocycles. The van der Waals surface area contributed by atoms with Gasteiger partial charge in [0, 0.05) is 0 Å². The fourth-order valence-corrected chi connectivity index (χ4v) is 1.25. The SMILES string of the molecule is O=C(Cl)c1cc(F)c(I)cc1F. The van der Waals surface area contributed by atoms with Gasteiger partial charge in [-0.05, 0) is 46.3 Å². The highest BCUT2D eigenvalue weighted by atomic mass is 127. The van der Waals surface area contributed by atoms with Crippen LogP contribution in [-0.2, 0) is 0 Å². The first-order valence-electron chi connectivity index (χ1n) is 2.86. The molecular formula is C7H2ClF2IO. The van der Waals surface area contributed by atoms with Gasteiger partial charge in [-0.25, -0.2) is 8.78 Å². The smallest absolute Gasteiger partial charge is 0.255 e. The first-order chi connectivity index (χ1) is 5.52. The third kappa shape index (κ3) is 1.92. The maximum Gasteiger partial charge on any atom is 0.255 e. The molecule has 0 aliphatic rings. The van der Waals surface area contributed by atoms with Crippen LogP contribution in [0.15, 0.2) is 12.1 Å². The van der Waals surface area contributed by atoms with Crippen LogP contribution in [0.25, 0.3) is 0 Å². The van der Waals surface area contributed by atoms with Crippen molar-refractivity contribution in [3.05, 3.63) is 32.9 Å². The summed E-state index contributed by atoms with van der Waals surface area (Å²) >= 11 is 6.61. The summed E-state index contributed by atoms with van der Waals surface area (Å²) in [6.45, 7) is 0. The quantitative estimate of drug-likeness (QED) is 0.443. The highest BCUT2D eigenvalue weighted by Crippen LogP contribution is 2.17. The molecule has 0 unspecified atom stereocenters. The molecule has 5 heteroatoms. The first kappa shape index (κ1) is 9.85. The minimum atomic E-state index is -0.997. The Morgan fingerprint density at radius 3 is 2.42 bits per heavy atom. The predicted molar refractivity (Wildman–Crippen MR) is 49.3 cm³/mol. The Morgan fingerprint density at radius 1 is 1.33 bits per heavy atom. The zero-order valence-corrected chi connectivity index (χ0v) is 8.49. The lowest BCUT2D eigenvalue weighted by molar-refractivity contribution is 0.107. The molecule has 0 saturated carbocycles. The second-order valence-electron chi connectivity index (χ2n) is 2.02. The van der Waals surface area contributed by atoms with Gasteiger partial charge in [-0.15, -0.1) is 0 Å². The van der Waals surface area contributed by atoms with E-state index in [0.717, 1.165) is 12.1 Å². The minimum absolute atomic E-state index is 0.117. The topological polar surface area (TPSA) is 17.1 Å². The summed E-state index contributed by atoms with van der Waals surface area (Å²) in [4.78, 5) is 10.5. The van der Waals surface area contributed by atoms with E-state index in [9.17, 15) is 13.6 Å². The summed E-state index contributed by atoms with van der Waals surface area (Å²) in [7, 11) is 0. The van der Waals surface area contributed by atoms with Crippen LogP contribution in [0, 0.1) is 15.2 Å². The molecule has 0 radical (unpaired) electrons. The normalized spacial score (nSPS) is 10.0. The molecule has 1 aromatic rings. The van der Waals surface area contributed by atoms with E-state index in [1.165, 1.54) is 0 Å². The Balaban J connectivity index is 3.33. The average Bonchev–Trinajstić information content (AvgIpc) is 1.96. The molecule has 64 valence electrons. The summed E-state index contributed by atoms with van der Waals surface area (Å²) in [5.74, 6) is -1.46. The maximum absolute atomic E-state index is 12.8. The average molecular weight is 302 g/mol. The van der Waals surface area contributed by atoms with E-state index in [0.29, 0.717) is 0 Å². The maximum atomic E-state index is 12.8. The molecule has 1 nitrogen and oxygen atoms in total. The molecule has 0 heterocycles. The number of carbonyl (C=O) groups is 1. The Bertz CT molecular complexity index is 340. The standard InChI is InChI=1S/C7H2ClF2IO/c8-7(12)3-1-5(10)6(11)2-4(3)9/h1-2H. The van der Waals surface area contributed by atoms with Gasteiger partial charge in [0.2, 0.25) is 0 Å². The number of carbonyl (C=O) groups excluding carboxylic acids is 1. The van der Waals surface area contributed by atoms with Crippen LogP contribution in [0.3, 0.4) is 0 Å². The molecule has 0 N–H and O–H groups in total. The Morgan fingerprint density at radius 2 is 1.92 bits per heavy atom. The minimum Gasteiger partial charge on any atom is -0.275 e. The van der Waals surface area contributed by atoms with E-state index >= 15 is 0 Å². The van der Waals surface area contributed by atoms with Gasteiger partial charge < -0.3 is 0 Å². The van der Waals surface area contributed by atoms with Crippen molar-refractivity contribution in [3.8, 4) is 0 Å². The van der Waals surface area contributed by atoms with Crippen LogP contribution in [0.4, 0.5) is 8.78 Å². The van der Waals surface area contributed by atoms with Crippen molar-refractivity contribution >= 4 is 39.4 Å². The molecule has 0 saturated heterocycles. The van der Waals surface area contributed by atoms with Gasteiger partial charge in [0.1, 0.15) is 11.6 Å². The molecule has 12 heavy (non-hydrogen) atoms. The van der Waals surface area contributed by atoms with Gasteiger partial charge in [0.15, 0.2) is 0 Å². The summed E-state index contributed by atoms with van der Waals surface area (Å²) < 4.78 is 25.7. The summed E-state index contributed by atoms with van der Waals surface area (Å²) in [6.07, 6.45) is 0. The number of hydrogen-bond donors (Lipinski definition) is 0. The van der Waals surface area contributed by atoms with E-state index in [2.05, 4.69) is 0 Å². The van der Waals surface area contributed by atoms with Gasteiger partial charge in [0.25, 0.3) is 5.24 Å². The summed E-state index contributed by atoms with van der Waals surface area (Å²) in [5.41, 5.74) is -0.436. The van der Waals surface area contributed by atoms with E-state index < -0.39 is 22.4 Å². The monoisotopic (exact) mass is 302 g/mol. The van der Waals surface area contributed by atoms with Crippen molar-refractivity contribution in [2.75, 3.05) is 0 Å². The third-order valence-electron chi connectivity index (χ3n) is 1.22. The largest absolute Gasteiger partial charge is 0.275 e. The molecule has 0 spiro atoms. The molecule has 0 bridgehead atoms. The van der Waals surface area contributed by atoms with Crippen molar-refractivity contribution in [3.63, 3.8) is 0 Å². The second kappa shape index (κ2) is 3.66. The van der Waals surface area contributed by atoms with Crippen molar-refractivity contribution in [1.29, 1.82) is 0 Å². The molecule has 0 aliphatic heterocycles. The lowest BCUT2D eigenvalue weighted by Gasteiger charge is -1.98. The Kier molecular flexibility index (Phi) is 3.00. The highest BCUT2D eigenvalue weighted by molar-refractivity contribution is 14.1. The van der Waals surface area contributed by atoms with Crippen molar-refractivity contribution in [1.82, 2.24) is 0 Å². The first-order valence-corrected chi connectivity index (χ1v) is 4.32. The van der Waals surface area contributed by atoms with Crippen molar-refractivity contribution in [2.24, 2.45) is 0 Å². The molecule has 0 aliphatic carbocycles. The van der Waals surface area contributed by atoms with E-state index in [1.54, 1.807) is 22.6 Å². The summed E-state index contributed by atoms with van der Waals surface area (Å²) in [6, 6.07) is 1.71. The molecule has 0 atom stereocenters. The number of hydrogen-bond acceptors (Lipinski definition) is 1. The molecule has 0 fully saturated rings. The zero-order valence-electron chi connectivity index (χ0n) is 5.57.